The Morgan fingerprint density at radius 1 is 1.20 bits per heavy atom. The van der Waals surface area contributed by atoms with Crippen LogP contribution in [-0.4, -0.2) is 109 Å². The van der Waals surface area contributed by atoms with Crippen molar-refractivity contribution in [1.82, 2.24) is 14.8 Å². The number of carbonyl (C=O) groups is 2. The summed E-state index contributed by atoms with van der Waals surface area (Å²) in [5, 5.41) is -0.118. The van der Waals surface area contributed by atoms with Crippen LogP contribution in [-0.2, 0) is 46.9 Å². The molecule has 4 rings (SSSR count). The number of benzene rings is 1. The molecular weight excluding hydrogens is 709 g/mol. The van der Waals surface area contributed by atoms with Gasteiger partial charge in [0.25, 0.3) is 27.8 Å². The highest BCUT2D eigenvalue weighted by molar-refractivity contribution is 7.86. The molecule has 272 valence electrons. The summed E-state index contributed by atoms with van der Waals surface area (Å²) >= 11 is 5.95. The largest absolute Gasteiger partial charge is 0.491 e. The molecule has 2 aromatic rings. The van der Waals surface area contributed by atoms with Gasteiger partial charge in [-0.15, -0.1) is 0 Å². The molecule has 1 unspecified atom stereocenters. The average molecular weight is 750 g/mol. The monoisotopic (exact) mass is 749 g/mol. The zero-order valence-electron chi connectivity index (χ0n) is 28.2. The number of ether oxygens (including phenoxy) is 3. The van der Waals surface area contributed by atoms with Gasteiger partial charge >= 0.3 is 10.1 Å². The molecule has 2 atom stereocenters. The van der Waals surface area contributed by atoms with Crippen LogP contribution in [0.25, 0.3) is 0 Å². The lowest BCUT2D eigenvalue weighted by Gasteiger charge is -2.39. The lowest BCUT2D eigenvalue weighted by molar-refractivity contribution is -0.213. The van der Waals surface area contributed by atoms with Crippen LogP contribution < -0.4 is 8.92 Å². The molecule has 14 nitrogen and oxygen atoms in total. The van der Waals surface area contributed by atoms with Gasteiger partial charge in [-0.2, -0.15) is 16.8 Å². The topological polar surface area (TPSA) is 168 Å². The van der Waals surface area contributed by atoms with Gasteiger partial charge in [0.15, 0.2) is 12.0 Å². The summed E-state index contributed by atoms with van der Waals surface area (Å²) in [6, 6.07) is 4.06. The van der Waals surface area contributed by atoms with Gasteiger partial charge in [0.1, 0.15) is 11.5 Å². The minimum absolute atomic E-state index is 0.0299. The Morgan fingerprint density at radius 2 is 1.92 bits per heavy atom. The van der Waals surface area contributed by atoms with E-state index in [-0.39, 0.29) is 60.3 Å². The van der Waals surface area contributed by atoms with Crippen LogP contribution >= 0.6 is 11.6 Å². The van der Waals surface area contributed by atoms with Crippen molar-refractivity contribution in [3.05, 3.63) is 51.4 Å². The molecule has 0 radical (unpaired) electrons. The van der Waals surface area contributed by atoms with Crippen molar-refractivity contribution in [2.24, 2.45) is 5.41 Å². The molecule has 2 aliphatic heterocycles. The number of hydrogen-bond donors (Lipinski definition) is 0. The van der Waals surface area contributed by atoms with Crippen LogP contribution in [0.2, 0.25) is 5.02 Å². The van der Waals surface area contributed by atoms with Crippen LogP contribution in [0, 0.1) is 11.2 Å². The van der Waals surface area contributed by atoms with E-state index < -0.39 is 61.6 Å². The highest BCUT2D eigenvalue weighted by Crippen LogP contribution is 2.39. The lowest BCUT2D eigenvalue weighted by Crippen LogP contribution is -2.48. The van der Waals surface area contributed by atoms with E-state index in [1.165, 1.54) is 42.2 Å². The molecule has 0 saturated carbocycles. The van der Waals surface area contributed by atoms with E-state index in [0.717, 1.165) is 25.4 Å². The van der Waals surface area contributed by atoms with Crippen molar-refractivity contribution < 1.29 is 53.4 Å². The van der Waals surface area contributed by atoms with Crippen molar-refractivity contribution in [2.45, 2.75) is 58.5 Å². The molecule has 1 aromatic heterocycles. The van der Waals surface area contributed by atoms with E-state index in [4.69, 9.17) is 34.2 Å². The van der Waals surface area contributed by atoms with Gasteiger partial charge in [0.2, 0.25) is 0 Å². The number of aromatic nitrogens is 1. The number of amides is 2. The summed E-state index contributed by atoms with van der Waals surface area (Å²) in [5.74, 6) is -2.80. The number of rotatable bonds is 14. The molecule has 0 aliphatic carbocycles. The Bertz CT molecular complexity index is 1780. The summed E-state index contributed by atoms with van der Waals surface area (Å²) in [7, 11) is -5.31. The van der Waals surface area contributed by atoms with Gasteiger partial charge in [-0.25, -0.2) is 9.37 Å². The first-order valence-corrected chi connectivity index (χ1v) is 19.4. The van der Waals surface area contributed by atoms with E-state index in [9.17, 15) is 30.8 Å². The number of carbonyl (C=O) groups excluding carboxylic acids is 2. The van der Waals surface area contributed by atoms with Crippen molar-refractivity contribution in [2.75, 3.05) is 53.0 Å². The van der Waals surface area contributed by atoms with Crippen molar-refractivity contribution >= 4 is 43.7 Å². The number of halogens is 2. The Kier molecular flexibility index (Phi) is 12.2. The maximum absolute atomic E-state index is 14.2. The molecule has 1 saturated heterocycles. The second-order valence-corrected chi connectivity index (χ2v) is 16.4. The highest BCUT2D eigenvalue weighted by Gasteiger charge is 2.39. The Hall–Kier alpha value is -3.09. The Morgan fingerprint density at radius 3 is 2.51 bits per heavy atom. The fourth-order valence-electron chi connectivity index (χ4n) is 5.47. The minimum Gasteiger partial charge on any atom is -0.491 e. The van der Waals surface area contributed by atoms with E-state index in [1.807, 2.05) is 0 Å². The smallest absolute Gasteiger partial charge is 0.307 e. The molecule has 1 fully saturated rings. The maximum Gasteiger partial charge on any atom is 0.307 e. The van der Waals surface area contributed by atoms with E-state index >= 15 is 0 Å². The van der Waals surface area contributed by atoms with Crippen molar-refractivity contribution in [3.8, 4) is 11.6 Å². The molecular formula is C31H41ClFN3O11S2. The standard InChI is InChI=1S/C31H41ClFN3O11S2/c1-31(2,18-45-48(5,39)40)23(46-24-9-7-8-14-44-24)17-35(3)30(38)26-20-12-13-36(16-19-10-11-22(33)21(32)15-19)29(37)25(20)27(43-4)28(34-26)47-49(6,41)42/h10-11,15,23-24H,7-9,12-14,16-18H2,1-6H3/t23-,24?/m0/s1. The summed E-state index contributed by atoms with van der Waals surface area (Å²) in [4.78, 5) is 35.1. The van der Waals surface area contributed by atoms with Crippen LogP contribution in [0.1, 0.15) is 65.1 Å². The summed E-state index contributed by atoms with van der Waals surface area (Å²) < 4.78 is 89.6. The minimum atomic E-state index is -4.20. The second kappa shape index (κ2) is 15.4. The van der Waals surface area contributed by atoms with Gasteiger partial charge < -0.3 is 28.2 Å². The Labute approximate surface area is 291 Å². The number of methoxy groups -OCH3 is 1. The first-order valence-electron chi connectivity index (χ1n) is 15.4. The SMILES string of the molecule is COc1c(OS(C)(=O)=O)nc(C(=O)N(C)C[C@H](OC2CCCCO2)C(C)(C)COS(C)(=O)=O)c2c1C(=O)N(Cc1ccc(F)c(Cl)c1)CC2. The van der Waals surface area contributed by atoms with Gasteiger partial charge in [0.05, 0.1) is 42.9 Å². The second-order valence-electron chi connectivity index (χ2n) is 12.7. The highest BCUT2D eigenvalue weighted by atomic mass is 35.5. The first-order chi connectivity index (χ1) is 22.8. The van der Waals surface area contributed by atoms with E-state index in [1.54, 1.807) is 13.8 Å². The summed E-state index contributed by atoms with van der Waals surface area (Å²) in [6.07, 6.45) is 2.76. The first kappa shape index (κ1) is 38.7. The average Bonchev–Trinajstić information content (AvgIpc) is 3.01. The zero-order chi connectivity index (χ0) is 36.3. The molecule has 18 heteroatoms. The van der Waals surface area contributed by atoms with Gasteiger partial charge in [0, 0.05) is 44.3 Å². The molecule has 49 heavy (non-hydrogen) atoms. The number of hydrogen-bond acceptors (Lipinski definition) is 12. The van der Waals surface area contributed by atoms with Gasteiger partial charge in [-0.1, -0.05) is 31.5 Å². The molecule has 0 spiro atoms. The van der Waals surface area contributed by atoms with Crippen molar-refractivity contribution in [3.63, 3.8) is 0 Å². The molecule has 2 aliphatic rings. The molecule has 1 aromatic carbocycles. The van der Waals surface area contributed by atoms with Gasteiger partial charge in [-0.3, -0.25) is 13.8 Å². The predicted molar refractivity (Wildman–Crippen MR) is 176 cm³/mol. The third-order valence-electron chi connectivity index (χ3n) is 8.11. The fraction of sp³-hybridized carbons (Fsp3) is 0.581. The number of fused-ring (bicyclic) bond motifs is 1. The normalized spacial score (nSPS) is 17.8. The fourth-order valence-corrected chi connectivity index (χ4v) is 6.59. The zero-order valence-corrected chi connectivity index (χ0v) is 30.5. The third-order valence-corrected chi connectivity index (χ3v) is 9.40. The van der Waals surface area contributed by atoms with E-state index in [2.05, 4.69) is 4.98 Å². The predicted octanol–water partition coefficient (Wildman–Crippen LogP) is 3.41. The third kappa shape index (κ3) is 10.0. The summed E-state index contributed by atoms with van der Waals surface area (Å²) in [6.45, 7) is 3.77. The van der Waals surface area contributed by atoms with Gasteiger partial charge in [-0.05, 0) is 43.4 Å². The molecule has 0 bridgehead atoms. The summed E-state index contributed by atoms with van der Waals surface area (Å²) in [5.41, 5.74) is -0.559. The van der Waals surface area contributed by atoms with Crippen LogP contribution in [0.15, 0.2) is 18.2 Å². The van der Waals surface area contributed by atoms with E-state index in [0.29, 0.717) is 18.6 Å². The number of pyridine rings is 1. The Balaban J connectivity index is 1.72. The van der Waals surface area contributed by atoms with Crippen molar-refractivity contribution in [1.29, 1.82) is 0 Å². The number of nitrogens with zero attached hydrogens (tertiary/aromatic N) is 3. The molecule has 2 amide bonds. The molecule has 0 N–H and O–H groups in total. The number of likely N-dealkylation sites (N-methyl/N-ethyl adjacent to an activating group) is 1. The lowest BCUT2D eigenvalue weighted by atomic mass is 9.86. The maximum atomic E-state index is 14.2. The van der Waals surface area contributed by atoms with Crippen LogP contribution in [0.3, 0.4) is 0 Å². The van der Waals surface area contributed by atoms with Crippen LogP contribution in [0.4, 0.5) is 4.39 Å². The van der Waals surface area contributed by atoms with Crippen LogP contribution in [0.5, 0.6) is 11.6 Å². The quantitative estimate of drug-likeness (QED) is 0.259. The molecule has 3 heterocycles.